The quantitative estimate of drug-likeness (QED) is 0.387. The van der Waals surface area contributed by atoms with Gasteiger partial charge in [-0.15, -0.1) is 0 Å². The molecule has 0 aromatic rings. The first-order valence-electron chi connectivity index (χ1n) is 7.73. The Kier molecular flexibility index (Phi) is 2.02. The summed E-state index contributed by atoms with van der Waals surface area (Å²) >= 11 is 0. The highest BCUT2D eigenvalue weighted by Crippen LogP contribution is 2.80. The van der Waals surface area contributed by atoms with Crippen LogP contribution in [0.25, 0.3) is 0 Å². The molecular formula is C17H22O3. The standard InChI is InChI=1S/C17H22O3/c1-9-5-6-17-10(7-9)8-16(4,15(17,2)3)11-12(17)14(19)20-13(11)18/h8-9,11-12H,5-7H2,1-4H3/t9-,11-,12+,16-,17-/m1/s1. The molecule has 1 heterocycles. The average Bonchev–Trinajstić information content (AvgIpc) is 2.78. The van der Waals surface area contributed by atoms with Crippen molar-refractivity contribution in [2.75, 3.05) is 0 Å². The Hall–Kier alpha value is -1.12. The molecular weight excluding hydrogens is 252 g/mol. The molecule has 2 saturated carbocycles. The molecule has 0 aromatic heterocycles. The van der Waals surface area contributed by atoms with Gasteiger partial charge in [0.1, 0.15) is 0 Å². The molecule has 20 heavy (non-hydrogen) atoms. The summed E-state index contributed by atoms with van der Waals surface area (Å²) in [4.78, 5) is 24.6. The molecule has 108 valence electrons. The van der Waals surface area contributed by atoms with Gasteiger partial charge in [0.25, 0.3) is 0 Å². The van der Waals surface area contributed by atoms with Gasteiger partial charge >= 0.3 is 11.9 Å². The number of carbonyl (C=O) groups excluding carboxylic acids is 2. The van der Waals surface area contributed by atoms with Crippen LogP contribution in [0.2, 0.25) is 0 Å². The van der Waals surface area contributed by atoms with Gasteiger partial charge in [-0.3, -0.25) is 9.59 Å². The Morgan fingerprint density at radius 1 is 1.15 bits per heavy atom. The highest BCUT2D eigenvalue weighted by atomic mass is 16.6. The Bertz CT molecular complexity index is 573. The van der Waals surface area contributed by atoms with Gasteiger partial charge in [0, 0.05) is 10.8 Å². The highest BCUT2D eigenvalue weighted by molar-refractivity contribution is 5.99. The zero-order valence-corrected chi connectivity index (χ0v) is 12.7. The third-order valence-electron chi connectivity index (χ3n) is 7.33. The van der Waals surface area contributed by atoms with Gasteiger partial charge in [-0.1, -0.05) is 39.3 Å². The van der Waals surface area contributed by atoms with Crippen molar-refractivity contribution in [1.82, 2.24) is 0 Å². The number of fused-ring (bicyclic) bond motifs is 3. The van der Waals surface area contributed by atoms with Crippen LogP contribution < -0.4 is 0 Å². The molecule has 1 aliphatic heterocycles. The van der Waals surface area contributed by atoms with E-state index >= 15 is 0 Å². The first-order chi connectivity index (χ1) is 9.25. The highest BCUT2D eigenvalue weighted by Gasteiger charge is 2.80. The molecule has 0 N–H and O–H groups in total. The van der Waals surface area contributed by atoms with Crippen LogP contribution >= 0.6 is 0 Å². The summed E-state index contributed by atoms with van der Waals surface area (Å²) in [6.07, 6.45) is 5.57. The van der Waals surface area contributed by atoms with Crippen LogP contribution in [-0.4, -0.2) is 11.9 Å². The third kappa shape index (κ3) is 0.981. The predicted octanol–water partition coefficient (Wildman–Crippen LogP) is 3.09. The molecule has 0 unspecified atom stereocenters. The summed E-state index contributed by atoms with van der Waals surface area (Å²) in [5.41, 5.74) is 1.01. The number of cyclic esters (lactones) is 2. The fourth-order valence-corrected chi connectivity index (χ4v) is 6.02. The Morgan fingerprint density at radius 3 is 2.50 bits per heavy atom. The van der Waals surface area contributed by atoms with Crippen molar-refractivity contribution in [3.63, 3.8) is 0 Å². The van der Waals surface area contributed by atoms with E-state index in [-0.39, 0.29) is 40.0 Å². The maximum absolute atomic E-state index is 12.3. The summed E-state index contributed by atoms with van der Waals surface area (Å²) < 4.78 is 5.03. The summed E-state index contributed by atoms with van der Waals surface area (Å²) in [5, 5.41) is 0. The number of esters is 2. The lowest BCUT2D eigenvalue weighted by Gasteiger charge is -2.48. The number of ether oxygens (including phenoxy) is 1. The van der Waals surface area contributed by atoms with E-state index in [2.05, 4.69) is 33.8 Å². The Balaban J connectivity index is 1.98. The van der Waals surface area contributed by atoms with Crippen molar-refractivity contribution in [1.29, 1.82) is 0 Å². The fraction of sp³-hybridized carbons (Fsp3) is 0.765. The monoisotopic (exact) mass is 274 g/mol. The predicted molar refractivity (Wildman–Crippen MR) is 73.5 cm³/mol. The molecule has 3 heteroatoms. The average molecular weight is 274 g/mol. The van der Waals surface area contributed by atoms with Crippen LogP contribution in [0, 0.1) is 34.0 Å². The molecule has 0 radical (unpaired) electrons. The molecule has 3 nitrogen and oxygen atoms in total. The van der Waals surface area contributed by atoms with Gasteiger partial charge in [0.2, 0.25) is 0 Å². The number of carbonyl (C=O) groups is 2. The maximum Gasteiger partial charge on any atom is 0.318 e. The molecule has 4 aliphatic rings. The van der Waals surface area contributed by atoms with Gasteiger partial charge < -0.3 is 4.74 Å². The fourth-order valence-electron chi connectivity index (χ4n) is 6.02. The minimum absolute atomic E-state index is 0.0418. The van der Waals surface area contributed by atoms with E-state index in [0.717, 1.165) is 19.3 Å². The lowest BCUT2D eigenvalue weighted by Crippen LogP contribution is -2.44. The van der Waals surface area contributed by atoms with Crippen molar-refractivity contribution in [3.8, 4) is 0 Å². The van der Waals surface area contributed by atoms with Gasteiger partial charge in [-0.2, -0.15) is 0 Å². The molecule has 5 atom stereocenters. The van der Waals surface area contributed by atoms with Crippen LogP contribution in [0.4, 0.5) is 0 Å². The molecule has 1 saturated heterocycles. The molecule has 1 spiro atoms. The summed E-state index contributed by atoms with van der Waals surface area (Å²) in [6.45, 7) is 8.95. The van der Waals surface area contributed by atoms with Crippen molar-refractivity contribution >= 4 is 11.9 Å². The largest absolute Gasteiger partial charge is 0.393 e. The van der Waals surface area contributed by atoms with Crippen LogP contribution in [0.1, 0.15) is 47.0 Å². The molecule has 0 aromatic carbocycles. The molecule has 3 fully saturated rings. The first-order valence-corrected chi connectivity index (χ1v) is 7.73. The van der Waals surface area contributed by atoms with Gasteiger partial charge in [-0.05, 0) is 30.6 Å². The smallest absolute Gasteiger partial charge is 0.318 e. The zero-order chi connectivity index (χ0) is 14.5. The van der Waals surface area contributed by atoms with Crippen LogP contribution in [0.3, 0.4) is 0 Å². The van der Waals surface area contributed by atoms with E-state index in [9.17, 15) is 9.59 Å². The summed E-state index contributed by atoms with van der Waals surface area (Å²) in [6, 6.07) is 0. The van der Waals surface area contributed by atoms with Gasteiger partial charge in [0.05, 0.1) is 11.8 Å². The second-order valence-corrected chi connectivity index (χ2v) is 8.09. The van der Waals surface area contributed by atoms with Crippen LogP contribution in [0.15, 0.2) is 11.6 Å². The summed E-state index contributed by atoms with van der Waals surface area (Å²) in [7, 11) is 0. The lowest BCUT2D eigenvalue weighted by atomic mass is 9.55. The number of allylic oxidation sites excluding steroid dienone is 2. The summed E-state index contributed by atoms with van der Waals surface area (Å²) in [5.74, 6) is -0.375. The van der Waals surface area contributed by atoms with Crippen LogP contribution in [0.5, 0.6) is 0 Å². The van der Waals surface area contributed by atoms with Crippen molar-refractivity contribution < 1.29 is 14.3 Å². The number of rotatable bonds is 0. The second kappa shape index (κ2) is 3.20. The second-order valence-electron chi connectivity index (χ2n) is 8.09. The van der Waals surface area contributed by atoms with Gasteiger partial charge in [-0.25, -0.2) is 0 Å². The number of hydrogen-bond acceptors (Lipinski definition) is 3. The topological polar surface area (TPSA) is 43.4 Å². The van der Waals surface area contributed by atoms with E-state index in [1.54, 1.807) is 0 Å². The molecule has 4 rings (SSSR count). The SMILES string of the molecule is C[C@@H]1CC[C@@]23C(=C[C@](C)([C@H]4C(=O)OC(=O)[C@H]42)C3(C)C)C1. The van der Waals surface area contributed by atoms with E-state index < -0.39 is 0 Å². The third-order valence-corrected chi connectivity index (χ3v) is 7.33. The van der Waals surface area contributed by atoms with Crippen molar-refractivity contribution in [3.05, 3.63) is 11.6 Å². The van der Waals surface area contributed by atoms with E-state index in [4.69, 9.17) is 4.74 Å². The van der Waals surface area contributed by atoms with Gasteiger partial charge in [0.15, 0.2) is 0 Å². The van der Waals surface area contributed by atoms with E-state index in [1.807, 2.05) is 0 Å². The minimum Gasteiger partial charge on any atom is -0.393 e. The molecule has 0 amide bonds. The first kappa shape index (κ1) is 12.6. The number of hydrogen-bond donors (Lipinski definition) is 0. The Labute approximate surface area is 119 Å². The van der Waals surface area contributed by atoms with Crippen molar-refractivity contribution in [2.24, 2.45) is 34.0 Å². The molecule has 3 aliphatic carbocycles. The van der Waals surface area contributed by atoms with Crippen LogP contribution in [-0.2, 0) is 14.3 Å². The Morgan fingerprint density at radius 2 is 1.80 bits per heavy atom. The van der Waals surface area contributed by atoms with Crippen molar-refractivity contribution in [2.45, 2.75) is 47.0 Å². The normalized spacial score (nSPS) is 51.6. The lowest BCUT2D eigenvalue weighted by molar-refractivity contribution is -0.158. The minimum atomic E-state index is -0.290. The zero-order valence-electron chi connectivity index (χ0n) is 12.7. The van der Waals surface area contributed by atoms with E-state index in [0.29, 0.717) is 5.92 Å². The van der Waals surface area contributed by atoms with E-state index in [1.165, 1.54) is 5.57 Å². The maximum atomic E-state index is 12.3. The molecule has 2 bridgehead atoms.